The van der Waals surface area contributed by atoms with E-state index in [1.807, 2.05) is 6.92 Å². The average Bonchev–Trinajstić information content (AvgIpc) is 1.85. The zero-order valence-electron chi connectivity index (χ0n) is 6.99. The third-order valence-electron chi connectivity index (χ3n) is 1.52. The van der Waals surface area contributed by atoms with E-state index in [-0.39, 0.29) is 0 Å². The Labute approximate surface area is 62.8 Å². The second-order valence-corrected chi connectivity index (χ2v) is 2.41. The maximum absolute atomic E-state index is 5.35. The molecule has 0 unspecified atom stereocenters. The van der Waals surface area contributed by atoms with Gasteiger partial charge in [0.25, 0.3) is 0 Å². The van der Waals surface area contributed by atoms with E-state index in [1.165, 1.54) is 5.57 Å². The lowest BCUT2D eigenvalue weighted by molar-refractivity contribution is 0.902. The van der Waals surface area contributed by atoms with E-state index in [2.05, 4.69) is 25.7 Å². The Morgan fingerprint density at radius 1 is 1.50 bits per heavy atom. The lowest BCUT2D eigenvalue weighted by Gasteiger charge is -2.07. The normalized spacial score (nSPS) is 12.3. The summed E-state index contributed by atoms with van der Waals surface area (Å²) < 4.78 is 0. The Bertz CT molecular complexity index is 157. The maximum Gasteiger partial charge on any atom is 0.0928 e. The second-order valence-electron chi connectivity index (χ2n) is 2.41. The summed E-state index contributed by atoms with van der Waals surface area (Å²) in [5.41, 5.74) is 7.76. The molecule has 0 amide bonds. The molecule has 0 aliphatic carbocycles. The van der Waals surface area contributed by atoms with E-state index in [0.717, 1.165) is 12.1 Å². The monoisotopic (exact) mass is 140 g/mol. The van der Waals surface area contributed by atoms with Crippen molar-refractivity contribution >= 4 is 0 Å². The minimum atomic E-state index is 0.505. The second kappa shape index (κ2) is 3.99. The predicted molar refractivity (Wildman–Crippen MR) is 45.1 cm³/mol. The van der Waals surface area contributed by atoms with Gasteiger partial charge < -0.3 is 11.1 Å². The van der Waals surface area contributed by atoms with Crippen LogP contribution in [-0.4, -0.2) is 0 Å². The molecule has 0 saturated heterocycles. The van der Waals surface area contributed by atoms with Crippen molar-refractivity contribution in [2.75, 3.05) is 0 Å². The summed E-state index contributed by atoms with van der Waals surface area (Å²) in [4.78, 5) is 0. The summed E-state index contributed by atoms with van der Waals surface area (Å²) in [6.45, 7) is 9.73. The van der Waals surface area contributed by atoms with Gasteiger partial charge in [-0.05, 0) is 20.3 Å². The molecule has 0 spiro atoms. The zero-order chi connectivity index (χ0) is 8.15. The topological polar surface area (TPSA) is 38.0 Å². The Morgan fingerprint density at radius 3 is 2.30 bits per heavy atom. The van der Waals surface area contributed by atoms with Crippen molar-refractivity contribution in [2.24, 2.45) is 5.73 Å². The van der Waals surface area contributed by atoms with Crippen LogP contribution in [0.3, 0.4) is 0 Å². The van der Waals surface area contributed by atoms with E-state index in [9.17, 15) is 0 Å². The van der Waals surface area contributed by atoms with Crippen molar-refractivity contribution in [1.29, 1.82) is 0 Å². The largest absolute Gasteiger partial charge is 0.386 e. The number of nitrogens with one attached hydrogen (secondary N) is 1. The molecule has 0 fully saturated rings. The Morgan fingerprint density at radius 2 is 2.00 bits per heavy atom. The van der Waals surface area contributed by atoms with Gasteiger partial charge in [-0.15, -0.1) is 0 Å². The highest BCUT2D eigenvalue weighted by atomic mass is 15.0. The van der Waals surface area contributed by atoms with Gasteiger partial charge in [0.1, 0.15) is 0 Å². The molecule has 0 heterocycles. The number of allylic oxidation sites excluding steroid dienone is 2. The number of hydrogen-bond donors (Lipinski definition) is 2. The van der Waals surface area contributed by atoms with Crippen LogP contribution in [0.5, 0.6) is 0 Å². The third-order valence-corrected chi connectivity index (χ3v) is 1.52. The van der Waals surface area contributed by atoms with E-state index in [0.29, 0.717) is 5.82 Å². The molecule has 0 aliphatic rings. The minimum Gasteiger partial charge on any atom is -0.386 e. The Kier molecular flexibility index (Phi) is 3.62. The average molecular weight is 140 g/mol. The molecule has 2 heteroatoms. The molecule has 0 radical (unpaired) electrons. The first-order chi connectivity index (χ1) is 4.57. The van der Waals surface area contributed by atoms with Crippen LogP contribution in [0.15, 0.2) is 23.7 Å². The molecule has 0 aromatic rings. The highest BCUT2D eigenvalue weighted by Gasteiger charge is 1.92. The molecule has 0 rings (SSSR count). The van der Waals surface area contributed by atoms with Gasteiger partial charge in [0.2, 0.25) is 0 Å². The molecule has 10 heavy (non-hydrogen) atoms. The Balaban J connectivity index is 4.04. The summed E-state index contributed by atoms with van der Waals surface area (Å²) in [5, 5.41) is 2.96. The molecular weight excluding hydrogens is 124 g/mol. The quantitative estimate of drug-likeness (QED) is 0.626. The molecule has 0 atom stereocenters. The van der Waals surface area contributed by atoms with Gasteiger partial charge in [-0.1, -0.05) is 19.1 Å². The highest BCUT2D eigenvalue weighted by molar-refractivity contribution is 5.11. The van der Waals surface area contributed by atoms with Crippen LogP contribution >= 0.6 is 0 Å². The molecule has 0 aromatic heterocycles. The Hall–Kier alpha value is -0.920. The maximum atomic E-state index is 5.35. The third kappa shape index (κ3) is 3.17. The minimum absolute atomic E-state index is 0.505. The lowest BCUT2D eigenvalue weighted by atomic mass is 10.2. The zero-order valence-corrected chi connectivity index (χ0v) is 6.99. The summed E-state index contributed by atoms with van der Waals surface area (Å²) in [6.07, 6.45) is 1.05. The van der Waals surface area contributed by atoms with Crippen molar-refractivity contribution in [2.45, 2.75) is 27.2 Å². The van der Waals surface area contributed by atoms with Crippen LogP contribution in [0.4, 0.5) is 0 Å². The van der Waals surface area contributed by atoms with Crippen molar-refractivity contribution in [3.05, 3.63) is 23.7 Å². The van der Waals surface area contributed by atoms with Crippen LogP contribution in [-0.2, 0) is 0 Å². The van der Waals surface area contributed by atoms with E-state index in [1.54, 1.807) is 0 Å². The van der Waals surface area contributed by atoms with E-state index in [4.69, 9.17) is 5.73 Å². The molecular formula is C8H16N2. The number of hydrogen-bond acceptors (Lipinski definition) is 2. The van der Waals surface area contributed by atoms with Gasteiger partial charge in [-0.3, -0.25) is 0 Å². The number of nitrogens with two attached hydrogens (primary N) is 1. The SMILES string of the molecule is C=C(N)N/C(C)=C(/C)CC. The van der Waals surface area contributed by atoms with Gasteiger partial charge >= 0.3 is 0 Å². The molecule has 0 bridgehead atoms. The fourth-order valence-electron chi connectivity index (χ4n) is 0.613. The van der Waals surface area contributed by atoms with Crippen molar-refractivity contribution < 1.29 is 0 Å². The first-order valence-electron chi connectivity index (χ1n) is 3.45. The number of rotatable bonds is 3. The van der Waals surface area contributed by atoms with Crippen LogP contribution < -0.4 is 11.1 Å². The van der Waals surface area contributed by atoms with Crippen molar-refractivity contribution in [1.82, 2.24) is 5.32 Å². The van der Waals surface area contributed by atoms with Crippen molar-refractivity contribution in [3.8, 4) is 0 Å². The van der Waals surface area contributed by atoms with E-state index >= 15 is 0 Å². The molecule has 0 aliphatic heterocycles. The predicted octanol–water partition coefficient (Wildman–Crippen LogP) is 1.71. The summed E-state index contributed by atoms with van der Waals surface area (Å²) in [7, 11) is 0. The molecule has 0 saturated carbocycles. The van der Waals surface area contributed by atoms with Gasteiger partial charge in [0, 0.05) is 5.70 Å². The van der Waals surface area contributed by atoms with Crippen LogP contribution in [0, 0.1) is 0 Å². The first-order valence-corrected chi connectivity index (χ1v) is 3.45. The summed E-state index contributed by atoms with van der Waals surface area (Å²) in [6, 6.07) is 0. The van der Waals surface area contributed by atoms with Crippen LogP contribution in [0.25, 0.3) is 0 Å². The summed E-state index contributed by atoms with van der Waals surface area (Å²) >= 11 is 0. The molecule has 2 nitrogen and oxygen atoms in total. The fraction of sp³-hybridized carbons (Fsp3) is 0.500. The van der Waals surface area contributed by atoms with Crippen LogP contribution in [0.1, 0.15) is 27.2 Å². The van der Waals surface area contributed by atoms with E-state index < -0.39 is 0 Å². The fourth-order valence-corrected chi connectivity index (χ4v) is 0.613. The van der Waals surface area contributed by atoms with Gasteiger partial charge in [0.15, 0.2) is 0 Å². The van der Waals surface area contributed by atoms with Crippen molar-refractivity contribution in [3.63, 3.8) is 0 Å². The van der Waals surface area contributed by atoms with Gasteiger partial charge in [-0.2, -0.15) is 0 Å². The van der Waals surface area contributed by atoms with Crippen LogP contribution in [0.2, 0.25) is 0 Å². The molecule has 0 aromatic carbocycles. The summed E-state index contributed by atoms with van der Waals surface area (Å²) in [5.74, 6) is 0.505. The molecule has 3 N–H and O–H groups in total. The first kappa shape index (κ1) is 9.08. The van der Waals surface area contributed by atoms with Gasteiger partial charge in [-0.25, -0.2) is 0 Å². The molecule has 58 valence electrons. The smallest absolute Gasteiger partial charge is 0.0928 e. The lowest BCUT2D eigenvalue weighted by Crippen LogP contribution is -2.17. The van der Waals surface area contributed by atoms with Gasteiger partial charge in [0.05, 0.1) is 5.82 Å². The highest BCUT2D eigenvalue weighted by Crippen LogP contribution is 2.03. The standard InChI is InChI=1S/C8H16N2/c1-5-6(2)7(3)10-8(4)9/h10H,4-5,9H2,1-3H3/b7-6-.